The van der Waals surface area contributed by atoms with Crippen LogP contribution in [0.5, 0.6) is 0 Å². The van der Waals surface area contributed by atoms with E-state index in [4.69, 9.17) is 0 Å². The Balaban J connectivity index is 1.55. The van der Waals surface area contributed by atoms with Crippen LogP contribution in [0.2, 0.25) is 0 Å². The number of rotatable bonds is 4. The van der Waals surface area contributed by atoms with Gasteiger partial charge in [0.25, 0.3) is 17.4 Å². The predicted molar refractivity (Wildman–Crippen MR) is 124 cm³/mol. The van der Waals surface area contributed by atoms with Crippen LogP contribution in [0.1, 0.15) is 40.3 Å². The number of piperazine rings is 1. The largest absolute Gasteiger partial charge is 0.335 e. The van der Waals surface area contributed by atoms with Crippen LogP contribution >= 0.6 is 0 Å². The molecule has 2 heterocycles. The summed E-state index contributed by atoms with van der Waals surface area (Å²) >= 11 is 0. The van der Waals surface area contributed by atoms with E-state index in [0.717, 1.165) is 0 Å². The van der Waals surface area contributed by atoms with Crippen LogP contribution in [0.4, 0.5) is 4.39 Å². The predicted octanol–water partition coefficient (Wildman–Crippen LogP) is 3.10. The van der Waals surface area contributed by atoms with Crippen molar-refractivity contribution in [2.75, 3.05) is 26.2 Å². The molecule has 4 rings (SSSR count). The fourth-order valence-electron chi connectivity index (χ4n) is 4.03. The van der Waals surface area contributed by atoms with Gasteiger partial charge in [-0.15, -0.1) is 0 Å². The second-order valence-electron chi connectivity index (χ2n) is 8.82. The molecule has 1 aliphatic heterocycles. The van der Waals surface area contributed by atoms with Gasteiger partial charge in [0.05, 0.1) is 5.39 Å². The van der Waals surface area contributed by atoms with Crippen LogP contribution in [-0.2, 0) is 6.54 Å². The smallest absolute Gasteiger partial charge is 0.275 e. The molecule has 0 bridgehead atoms. The number of amides is 2. The molecule has 1 saturated heterocycles. The zero-order chi connectivity index (χ0) is 23.7. The van der Waals surface area contributed by atoms with Crippen LogP contribution in [0.3, 0.4) is 0 Å². The maximum atomic E-state index is 13.9. The van der Waals surface area contributed by atoms with Gasteiger partial charge in [-0.1, -0.05) is 38.1 Å². The van der Waals surface area contributed by atoms with Crippen molar-refractivity contribution in [1.29, 1.82) is 0 Å². The van der Waals surface area contributed by atoms with Gasteiger partial charge in [-0.05, 0) is 36.6 Å². The number of hydrogen-bond donors (Lipinski definition) is 0. The molecule has 0 spiro atoms. The quantitative estimate of drug-likeness (QED) is 0.612. The van der Waals surface area contributed by atoms with E-state index in [1.54, 1.807) is 53.1 Å². The summed E-state index contributed by atoms with van der Waals surface area (Å²) in [6.07, 6.45) is 0. The van der Waals surface area contributed by atoms with E-state index in [1.807, 2.05) is 13.8 Å². The SMILES string of the molecule is Cc1ccc(C(=O)N2CCN(C(=O)c3nn(CC(C)C)c(=O)c4ccccc34)CC2)cc1F. The Labute approximate surface area is 191 Å². The molecule has 0 saturated carbocycles. The number of hydrogen-bond acceptors (Lipinski definition) is 4. The lowest BCUT2D eigenvalue weighted by molar-refractivity contribution is 0.0531. The molecule has 172 valence electrons. The van der Waals surface area contributed by atoms with E-state index in [2.05, 4.69) is 5.10 Å². The molecule has 1 aliphatic rings. The Morgan fingerprint density at radius 2 is 1.58 bits per heavy atom. The molecule has 1 fully saturated rings. The molecule has 0 radical (unpaired) electrons. The lowest BCUT2D eigenvalue weighted by atomic mass is 10.1. The average molecular weight is 451 g/mol. The second kappa shape index (κ2) is 9.13. The maximum Gasteiger partial charge on any atom is 0.275 e. The highest BCUT2D eigenvalue weighted by atomic mass is 19.1. The lowest BCUT2D eigenvalue weighted by Gasteiger charge is -2.34. The Morgan fingerprint density at radius 1 is 0.970 bits per heavy atom. The van der Waals surface area contributed by atoms with Gasteiger partial charge in [-0.3, -0.25) is 14.4 Å². The molecule has 33 heavy (non-hydrogen) atoms. The van der Waals surface area contributed by atoms with Gasteiger partial charge < -0.3 is 9.80 Å². The highest BCUT2D eigenvalue weighted by molar-refractivity contribution is 6.05. The molecule has 2 amide bonds. The standard InChI is InChI=1S/C25H27FN4O3/c1-16(2)15-30-24(32)20-7-5-4-6-19(20)22(27-30)25(33)29-12-10-28(11-13-29)23(31)18-9-8-17(3)21(26)14-18/h4-9,14,16H,10-13,15H2,1-3H3. The first-order valence-corrected chi connectivity index (χ1v) is 11.1. The normalized spacial score (nSPS) is 14.2. The van der Waals surface area contributed by atoms with Crippen molar-refractivity contribution in [2.24, 2.45) is 5.92 Å². The van der Waals surface area contributed by atoms with E-state index >= 15 is 0 Å². The zero-order valence-electron chi connectivity index (χ0n) is 19.0. The minimum atomic E-state index is -0.413. The molecule has 7 nitrogen and oxygen atoms in total. The van der Waals surface area contributed by atoms with Crippen LogP contribution < -0.4 is 5.56 Å². The van der Waals surface area contributed by atoms with Crippen LogP contribution in [-0.4, -0.2) is 57.6 Å². The lowest BCUT2D eigenvalue weighted by Crippen LogP contribution is -2.51. The Kier molecular flexibility index (Phi) is 6.26. The van der Waals surface area contributed by atoms with Gasteiger partial charge in [0, 0.05) is 43.7 Å². The number of carbonyl (C=O) groups is 2. The van der Waals surface area contributed by atoms with Gasteiger partial charge >= 0.3 is 0 Å². The van der Waals surface area contributed by atoms with Crippen molar-refractivity contribution in [3.8, 4) is 0 Å². The number of fused-ring (bicyclic) bond motifs is 1. The summed E-state index contributed by atoms with van der Waals surface area (Å²) < 4.78 is 15.2. The van der Waals surface area contributed by atoms with Gasteiger partial charge in [-0.25, -0.2) is 9.07 Å². The van der Waals surface area contributed by atoms with Crippen molar-refractivity contribution in [1.82, 2.24) is 19.6 Å². The summed E-state index contributed by atoms with van der Waals surface area (Å²) in [7, 11) is 0. The summed E-state index contributed by atoms with van der Waals surface area (Å²) in [5, 5.41) is 5.42. The maximum absolute atomic E-state index is 13.9. The molecule has 0 unspecified atom stereocenters. The first kappa shape index (κ1) is 22.6. The monoisotopic (exact) mass is 450 g/mol. The number of halogens is 1. The number of carbonyl (C=O) groups excluding carboxylic acids is 2. The minimum absolute atomic E-state index is 0.195. The van der Waals surface area contributed by atoms with Crippen LogP contribution in [0, 0.1) is 18.7 Å². The summed E-state index contributed by atoms with van der Waals surface area (Å²) in [5.41, 5.74) is 0.814. The van der Waals surface area contributed by atoms with Gasteiger partial charge in [0.2, 0.25) is 0 Å². The van der Waals surface area contributed by atoms with Crippen molar-refractivity contribution >= 4 is 22.6 Å². The molecule has 1 aromatic heterocycles. The van der Waals surface area contributed by atoms with Crippen molar-refractivity contribution in [2.45, 2.75) is 27.3 Å². The number of aryl methyl sites for hydroxylation is 1. The fraction of sp³-hybridized carbons (Fsp3) is 0.360. The van der Waals surface area contributed by atoms with E-state index < -0.39 is 5.82 Å². The summed E-state index contributed by atoms with van der Waals surface area (Å²) in [6.45, 7) is 7.38. The summed E-state index contributed by atoms with van der Waals surface area (Å²) in [5.74, 6) is -0.739. The van der Waals surface area contributed by atoms with Crippen LogP contribution in [0.25, 0.3) is 10.8 Å². The van der Waals surface area contributed by atoms with E-state index in [9.17, 15) is 18.8 Å². The number of aromatic nitrogens is 2. The molecular formula is C25H27FN4O3. The third-order valence-electron chi connectivity index (χ3n) is 5.88. The molecule has 2 aromatic carbocycles. The zero-order valence-corrected chi connectivity index (χ0v) is 19.0. The average Bonchev–Trinajstić information content (AvgIpc) is 2.81. The Morgan fingerprint density at radius 3 is 2.18 bits per heavy atom. The van der Waals surface area contributed by atoms with Gasteiger partial charge in [0.15, 0.2) is 5.69 Å². The number of benzene rings is 2. The van der Waals surface area contributed by atoms with E-state index in [-0.39, 0.29) is 29.0 Å². The summed E-state index contributed by atoms with van der Waals surface area (Å²) in [4.78, 5) is 42.3. The highest BCUT2D eigenvalue weighted by Crippen LogP contribution is 2.18. The molecule has 3 aromatic rings. The first-order valence-electron chi connectivity index (χ1n) is 11.1. The van der Waals surface area contributed by atoms with Crippen molar-refractivity contribution in [3.63, 3.8) is 0 Å². The second-order valence-corrected chi connectivity index (χ2v) is 8.82. The molecule has 0 N–H and O–H groups in total. The Bertz CT molecular complexity index is 1280. The molecule has 8 heteroatoms. The van der Waals surface area contributed by atoms with Crippen LogP contribution in [0.15, 0.2) is 47.3 Å². The topological polar surface area (TPSA) is 75.5 Å². The Hall–Kier alpha value is -3.55. The molecular weight excluding hydrogens is 423 g/mol. The highest BCUT2D eigenvalue weighted by Gasteiger charge is 2.28. The first-order chi connectivity index (χ1) is 15.8. The third-order valence-corrected chi connectivity index (χ3v) is 5.88. The van der Waals surface area contributed by atoms with E-state index in [1.165, 1.54) is 10.7 Å². The summed E-state index contributed by atoms with van der Waals surface area (Å²) in [6, 6.07) is 11.5. The van der Waals surface area contributed by atoms with E-state index in [0.29, 0.717) is 54.6 Å². The number of nitrogens with zero attached hydrogens (tertiary/aromatic N) is 4. The van der Waals surface area contributed by atoms with Crippen molar-refractivity contribution < 1.29 is 14.0 Å². The fourth-order valence-corrected chi connectivity index (χ4v) is 4.03. The van der Waals surface area contributed by atoms with Gasteiger partial charge in [-0.2, -0.15) is 5.10 Å². The van der Waals surface area contributed by atoms with Crippen molar-refractivity contribution in [3.05, 3.63) is 75.5 Å². The third kappa shape index (κ3) is 4.51. The molecule has 0 aliphatic carbocycles. The molecule has 0 atom stereocenters. The van der Waals surface area contributed by atoms with Gasteiger partial charge in [0.1, 0.15) is 5.82 Å². The minimum Gasteiger partial charge on any atom is -0.335 e.